The van der Waals surface area contributed by atoms with Gasteiger partial charge in [-0.1, -0.05) is 39.3 Å². The highest BCUT2D eigenvalue weighted by molar-refractivity contribution is 5.50. The summed E-state index contributed by atoms with van der Waals surface area (Å²) >= 11 is 0. The number of hydrogen-bond donors (Lipinski definition) is 3. The Balaban J connectivity index is 1.58. The maximum Gasteiger partial charge on any atom is 0.128 e. The maximum atomic E-state index is 14.9. The van der Waals surface area contributed by atoms with Gasteiger partial charge in [0.2, 0.25) is 0 Å². The van der Waals surface area contributed by atoms with Gasteiger partial charge in [-0.2, -0.15) is 0 Å². The van der Waals surface area contributed by atoms with Crippen LogP contribution in [0.25, 0.3) is 0 Å². The Morgan fingerprint density at radius 2 is 1.92 bits per heavy atom. The molecule has 1 fully saturated rings. The number of hydrogen-bond acceptors (Lipinski definition) is 4. The average molecular weight is 497 g/mol. The summed E-state index contributed by atoms with van der Waals surface area (Å²) in [6, 6.07) is 8.03. The minimum absolute atomic E-state index is 0.00246. The molecule has 196 valence electrons. The number of aliphatic hydroxyl groups excluding tert-OH is 1. The first kappa shape index (κ1) is 26.5. The predicted molar refractivity (Wildman–Crippen MR) is 141 cm³/mol. The lowest BCUT2D eigenvalue weighted by Gasteiger charge is -2.27. The number of phenolic OH excluding ortho intramolecular Hbond substituents is 2. The quantitative estimate of drug-likeness (QED) is 0.303. The van der Waals surface area contributed by atoms with E-state index in [0.717, 1.165) is 43.2 Å². The summed E-state index contributed by atoms with van der Waals surface area (Å²) in [7, 11) is 0. The van der Waals surface area contributed by atoms with Gasteiger partial charge in [-0.3, -0.25) is 0 Å². The van der Waals surface area contributed by atoms with Crippen molar-refractivity contribution in [2.75, 3.05) is 0 Å². The first-order valence-corrected chi connectivity index (χ1v) is 13.6. The summed E-state index contributed by atoms with van der Waals surface area (Å²) in [6.45, 7) is 6.53. The lowest BCUT2D eigenvalue weighted by Crippen LogP contribution is -2.22. The van der Waals surface area contributed by atoms with Gasteiger partial charge >= 0.3 is 0 Å². The number of unbranched alkanes of at least 4 members (excludes halogenated alkanes) is 1. The normalized spacial score (nSPS) is 24.5. The summed E-state index contributed by atoms with van der Waals surface area (Å²) in [5, 5.41) is 30.9. The van der Waals surface area contributed by atoms with Crippen molar-refractivity contribution in [1.29, 1.82) is 0 Å². The van der Waals surface area contributed by atoms with Gasteiger partial charge in [-0.15, -0.1) is 0 Å². The number of rotatable bonds is 10. The Bertz CT molecular complexity index is 1060. The molecule has 2 aromatic rings. The van der Waals surface area contributed by atoms with Crippen LogP contribution in [0, 0.1) is 29.5 Å². The molecule has 0 aromatic heterocycles. The van der Waals surface area contributed by atoms with Crippen LogP contribution in [-0.4, -0.2) is 21.4 Å². The van der Waals surface area contributed by atoms with Gasteiger partial charge in [0, 0.05) is 23.1 Å². The number of halogens is 1. The third-order valence-corrected chi connectivity index (χ3v) is 8.20. The highest BCUT2D eigenvalue weighted by Crippen LogP contribution is 2.50. The summed E-state index contributed by atoms with van der Waals surface area (Å²) < 4.78 is 21.4. The Kier molecular flexibility index (Phi) is 8.61. The van der Waals surface area contributed by atoms with Crippen molar-refractivity contribution in [1.82, 2.24) is 0 Å². The lowest BCUT2D eigenvalue weighted by atomic mass is 9.86. The molecule has 0 bridgehead atoms. The lowest BCUT2D eigenvalue weighted by molar-refractivity contribution is 0.101. The zero-order chi connectivity index (χ0) is 25.8. The predicted octanol–water partition coefficient (Wildman–Crippen LogP) is 7.25. The van der Waals surface area contributed by atoms with Crippen LogP contribution in [-0.2, 0) is 12.8 Å². The number of aromatic hydroxyl groups is 2. The van der Waals surface area contributed by atoms with E-state index < -0.39 is 0 Å². The molecule has 1 saturated carbocycles. The summed E-state index contributed by atoms with van der Waals surface area (Å²) in [4.78, 5) is 0. The second kappa shape index (κ2) is 11.7. The summed E-state index contributed by atoms with van der Waals surface area (Å²) in [5.74, 6) is 1.55. The van der Waals surface area contributed by atoms with E-state index in [4.69, 9.17) is 4.74 Å². The van der Waals surface area contributed by atoms with E-state index in [9.17, 15) is 19.7 Å². The maximum absolute atomic E-state index is 14.9. The number of benzene rings is 2. The van der Waals surface area contributed by atoms with Crippen LogP contribution in [0.2, 0.25) is 0 Å². The van der Waals surface area contributed by atoms with Crippen LogP contribution in [0.3, 0.4) is 0 Å². The molecule has 36 heavy (non-hydrogen) atoms. The van der Waals surface area contributed by atoms with Gasteiger partial charge in [-0.25, -0.2) is 4.39 Å². The van der Waals surface area contributed by atoms with Crippen molar-refractivity contribution in [3.63, 3.8) is 0 Å². The highest BCUT2D eigenvalue weighted by atomic mass is 19.1. The molecule has 5 heteroatoms. The zero-order valence-corrected chi connectivity index (χ0v) is 21.8. The third-order valence-electron chi connectivity index (χ3n) is 8.20. The molecule has 2 aliphatic carbocycles. The summed E-state index contributed by atoms with van der Waals surface area (Å²) in [6.07, 6.45) is 10.5. The SMILES string of the molecule is CCCC=CCC(Cc1cc(OC2c3cc(O)cc(O)c3CC2C2CCC(O)C2)ccc1F)C(C)C. The van der Waals surface area contributed by atoms with E-state index in [1.54, 1.807) is 12.1 Å². The Hall–Kier alpha value is -2.53. The standard InChI is InChI=1S/C31H41FO4/c1-4-5-6-7-8-20(19(2)3)13-22-15-25(11-12-29(22)32)36-31-26(21-9-10-23(33)14-21)18-27-28(31)16-24(34)17-30(27)35/h6-7,11-12,15-17,19-21,23,26,31,33-35H,4-5,8-10,13-14,18H2,1-3H3. The Morgan fingerprint density at radius 1 is 1.11 bits per heavy atom. The molecule has 0 aliphatic heterocycles. The second-order valence-corrected chi connectivity index (χ2v) is 11.1. The molecule has 2 aliphatic rings. The molecule has 2 aromatic carbocycles. The molecule has 0 radical (unpaired) electrons. The number of ether oxygens (including phenoxy) is 1. The van der Waals surface area contributed by atoms with E-state index in [0.29, 0.717) is 42.4 Å². The van der Waals surface area contributed by atoms with Crippen LogP contribution in [0.4, 0.5) is 4.39 Å². The van der Waals surface area contributed by atoms with Gasteiger partial charge in [0.15, 0.2) is 0 Å². The first-order chi connectivity index (χ1) is 17.3. The zero-order valence-electron chi connectivity index (χ0n) is 21.8. The van der Waals surface area contributed by atoms with E-state index in [2.05, 4.69) is 32.9 Å². The molecule has 4 nitrogen and oxygen atoms in total. The van der Waals surface area contributed by atoms with Gasteiger partial charge in [0.05, 0.1) is 6.10 Å². The van der Waals surface area contributed by atoms with Crippen LogP contribution in [0.1, 0.15) is 82.1 Å². The molecule has 4 rings (SSSR count). The molecule has 0 amide bonds. The van der Waals surface area contributed by atoms with E-state index in [1.165, 1.54) is 12.1 Å². The monoisotopic (exact) mass is 496 g/mol. The molecule has 3 N–H and O–H groups in total. The molecule has 5 atom stereocenters. The second-order valence-electron chi connectivity index (χ2n) is 11.1. The number of aliphatic hydroxyl groups is 1. The fourth-order valence-electron chi connectivity index (χ4n) is 6.01. The minimum Gasteiger partial charge on any atom is -0.508 e. The van der Waals surface area contributed by atoms with Gasteiger partial charge in [0.25, 0.3) is 0 Å². The van der Waals surface area contributed by atoms with E-state index >= 15 is 0 Å². The molecular weight excluding hydrogens is 455 g/mol. The highest BCUT2D eigenvalue weighted by Gasteiger charge is 2.43. The molecule has 0 heterocycles. The number of phenols is 2. The first-order valence-electron chi connectivity index (χ1n) is 13.6. The van der Waals surface area contributed by atoms with Crippen molar-refractivity contribution in [3.05, 3.63) is 65.0 Å². The Morgan fingerprint density at radius 3 is 2.61 bits per heavy atom. The average Bonchev–Trinajstić information content (AvgIpc) is 3.41. The molecular formula is C31H41FO4. The molecule has 5 unspecified atom stereocenters. The fraction of sp³-hybridized carbons (Fsp3) is 0.548. The topological polar surface area (TPSA) is 69.9 Å². The Labute approximate surface area is 214 Å². The molecule has 0 saturated heterocycles. The van der Waals surface area contributed by atoms with Crippen molar-refractivity contribution < 1.29 is 24.4 Å². The van der Waals surface area contributed by atoms with Crippen LogP contribution in [0.15, 0.2) is 42.5 Å². The molecule has 0 spiro atoms. The number of allylic oxidation sites excluding steroid dienone is 2. The van der Waals surface area contributed by atoms with E-state index in [1.807, 2.05) is 6.07 Å². The van der Waals surface area contributed by atoms with Crippen LogP contribution < -0.4 is 4.74 Å². The number of fused-ring (bicyclic) bond motifs is 1. The van der Waals surface area contributed by atoms with Gasteiger partial charge < -0.3 is 20.1 Å². The van der Waals surface area contributed by atoms with E-state index in [-0.39, 0.29) is 41.4 Å². The van der Waals surface area contributed by atoms with Gasteiger partial charge in [0.1, 0.15) is 29.2 Å². The summed E-state index contributed by atoms with van der Waals surface area (Å²) in [5.41, 5.74) is 2.23. The van der Waals surface area contributed by atoms with Crippen molar-refractivity contribution in [2.24, 2.45) is 23.7 Å². The van der Waals surface area contributed by atoms with Crippen LogP contribution >= 0.6 is 0 Å². The van der Waals surface area contributed by atoms with Crippen molar-refractivity contribution in [3.8, 4) is 17.2 Å². The fourth-order valence-corrected chi connectivity index (χ4v) is 6.01. The smallest absolute Gasteiger partial charge is 0.128 e. The van der Waals surface area contributed by atoms with Crippen molar-refractivity contribution >= 4 is 0 Å². The van der Waals surface area contributed by atoms with Crippen molar-refractivity contribution in [2.45, 2.75) is 84.3 Å². The third kappa shape index (κ3) is 6.05. The van der Waals surface area contributed by atoms with Crippen LogP contribution in [0.5, 0.6) is 17.2 Å². The minimum atomic E-state index is -0.371. The largest absolute Gasteiger partial charge is 0.508 e. The van der Waals surface area contributed by atoms with Gasteiger partial charge in [-0.05, 0) is 92.5 Å².